The second-order valence-electron chi connectivity index (χ2n) is 4.02. The van der Waals surface area contributed by atoms with Crippen molar-refractivity contribution in [1.29, 1.82) is 0 Å². The SMILES string of the molecule is OCc1cc(O[C@@H]2CCCCO2)cc(CO)n1. The maximum atomic E-state index is 9.06. The first-order valence-electron chi connectivity index (χ1n) is 5.81. The van der Waals surface area contributed by atoms with Gasteiger partial charge in [0, 0.05) is 18.6 Å². The molecule has 1 aromatic heterocycles. The second-order valence-corrected chi connectivity index (χ2v) is 4.02. The number of aromatic nitrogens is 1. The van der Waals surface area contributed by atoms with Crippen molar-refractivity contribution in [2.45, 2.75) is 38.8 Å². The van der Waals surface area contributed by atoms with Crippen LogP contribution in [0.25, 0.3) is 0 Å². The zero-order chi connectivity index (χ0) is 12.1. The number of pyridine rings is 1. The third kappa shape index (κ3) is 3.39. The van der Waals surface area contributed by atoms with E-state index in [0.29, 0.717) is 17.1 Å². The van der Waals surface area contributed by atoms with Crippen molar-refractivity contribution in [1.82, 2.24) is 4.98 Å². The number of aliphatic hydroxyl groups is 2. The lowest BCUT2D eigenvalue weighted by molar-refractivity contribution is -0.106. The van der Waals surface area contributed by atoms with Crippen LogP contribution in [0.2, 0.25) is 0 Å². The van der Waals surface area contributed by atoms with Gasteiger partial charge in [-0.3, -0.25) is 4.98 Å². The van der Waals surface area contributed by atoms with E-state index in [0.717, 1.165) is 25.9 Å². The molecule has 1 aliphatic rings. The lowest BCUT2D eigenvalue weighted by atomic mass is 10.2. The van der Waals surface area contributed by atoms with Crippen LogP contribution in [0.15, 0.2) is 12.1 Å². The molecule has 2 rings (SSSR count). The minimum Gasteiger partial charge on any atom is -0.465 e. The average Bonchev–Trinajstić information content (AvgIpc) is 2.39. The van der Waals surface area contributed by atoms with Crippen molar-refractivity contribution in [3.63, 3.8) is 0 Å². The monoisotopic (exact) mass is 239 g/mol. The molecule has 0 aromatic carbocycles. The van der Waals surface area contributed by atoms with Crippen molar-refractivity contribution < 1.29 is 19.7 Å². The fourth-order valence-corrected chi connectivity index (χ4v) is 1.81. The van der Waals surface area contributed by atoms with Crippen LogP contribution in [0.4, 0.5) is 0 Å². The van der Waals surface area contributed by atoms with Crippen LogP contribution in [0.1, 0.15) is 30.7 Å². The van der Waals surface area contributed by atoms with Crippen LogP contribution in [-0.4, -0.2) is 28.1 Å². The largest absolute Gasteiger partial charge is 0.465 e. The first-order valence-corrected chi connectivity index (χ1v) is 5.81. The van der Waals surface area contributed by atoms with E-state index in [1.54, 1.807) is 12.1 Å². The highest BCUT2D eigenvalue weighted by Gasteiger charge is 2.15. The molecule has 0 spiro atoms. The molecule has 0 unspecified atom stereocenters. The summed E-state index contributed by atoms with van der Waals surface area (Å²) in [7, 11) is 0. The molecular weight excluding hydrogens is 222 g/mol. The van der Waals surface area contributed by atoms with Gasteiger partial charge >= 0.3 is 0 Å². The lowest BCUT2D eigenvalue weighted by Gasteiger charge is -2.23. The van der Waals surface area contributed by atoms with E-state index in [-0.39, 0.29) is 19.5 Å². The highest BCUT2D eigenvalue weighted by atomic mass is 16.7. The van der Waals surface area contributed by atoms with Gasteiger partial charge in [-0.25, -0.2) is 0 Å². The fourth-order valence-electron chi connectivity index (χ4n) is 1.81. The molecule has 1 fully saturated rings. The summed E-state index contributed by atoms with van der Waals surface area (Å²) in [6, 6.07) is 3.33. The molecule has 1 aromatic rings. The summed E-state index contributed by atoms with van der Waals surface area (Å²) in [4.78, 5) is 4.04. The molecular formula is C12H17NO4. The number of ether oxygens (including phenoxy) is 2. The van der Waals surface area contributed by atoms with Crippen LogP contribution in [-0.2, 0) is 18.0 Å². The number of hydrogen-bond donors (Lipinski definition) is 2. The Morgan fingerprint density at radius 3 is 2.47 bits per heavy atom. The van der Waals surface area contributed by atoms with E-state index < -0.39 is 0 Å². The summed E-state index contributed by atoms with van der Waals surface area (Å²) in [5.74, 6) is 0.583. The van der Waals surface area contributed by atoms with Crippen LogP contribution in [0.5, 0.6) is 5.75 Å². The molecule has 0 bridgehead atoms. The molecule has 2 N–H and O–H groups in total. The van der Waals surface area contributed by atoms with Crippen molar-refractivity contribution >= 4 is 0 Å². The highest BCUT2D eigenvalue weighted by molar-refractivity contribution is 5.27. The van der Waals surface area contributed by atoms with Crippen molar-refractivity contribution in [3.05, 3.63) is 23.5 Å². The standard InChI is InChI=1S/C12H17NO4/c14-7-9-5-11(6-10(8-15)13-9)17-12-3-1-2-4-16-12/h5-6,12,14-15H,1-4,7-8H2/t12-/m1/s1. The minimum atomic E-state index is -0.232. The van der Waals surface area contributed by atoms with E-state index in [9.17, 15) is 0 Å². The van der Waals surface area contributed by atoms with Crippen LogP contribution < -0.4 is 4.74 Å². The van der Waals surface area contributed by atoms with Gasteiger partial charge in [0.2, 0.25) is 0 Å². The number of rotatable bonds is 4. The summed E-state index contributed by atoms with van der Waals surface area (Å²) in [5.41, 5.74) is 0.977. The average molecular weight is 239 g/mol. The van der Waals surface area contributed by atoms with Gasteiger partial charge in [0.25, 0.3) is 0 Å². The lowest BCUT2D eigenvalue weighted by Crippen LogP contribution is -2.25. The molecule has 94 valence electrons. The second kappa shape index (κ2) is 5.95. The van der Waals surface area contributed by atoms with Gasteiger partial charge in [-0.05, 0) is 12.8 Å². The predicted octanol–water partition coefficient (Wildman–Crippen LogP) is 0.972. The van der Waals surface area contributed by atoms with E-state index >= 15 is 0 Å². The van der Waals surface area contributed by atoms with E-state index in [1.165, 1.54) is 0 Å². The molecule has 17 heavy (non-hydrogen) atoms. The van der Waals surface area contributed by atoms with E-state index in [4.69, 9.17) is 19.7 Å². The molecule has 0 radical (unpaired) electrons. The quantitative estimate of drug-likeness (QED) is 0.819. The Hall–Kier alpha value is -1.17. The molecule has 1 saturated heterocycles. The van der Waals surface area contributed by atoms with Gasteiger partial charge in [0.1, 0.15) is 5.75 Å². The van der Waals surface area contributed by atoms with Gasteiger partial charge in [0.15, 0.2) is 6.29 Å². The molecule has 2 heterocycles. The Kier molecular flexibility index (Phi) is 4.30. The van der Waals surface area contributed by atoms with Gasteiger partial charge < -0.3 is 19.7 Å². The Bertz CT molecular complexity index is 341. The van der Waals surface area contributed by atoms with Crippen molar-refractivity contribution in [2.75, 3.05) is 6.61 Å². The maximum absolute atomic E-state index is 9.06. The van der Waals surface area contributed by atoms with Crippen molar-refractivity contribution in [3.8, 4) is 5.75 Å². The van der Waals surface area contributed by atoms with Gasteiger partial charge in [-0.1, -0.05) is 0 Å². The summed E-state index contributed by atoms with van der Waals surface area (Å²) >= 11 is 0. The fraction of sp³-hybridized carbons (Fsp3) is 0.583. The van der Waals surface area contributed by atoms with Crippen LogP contribution in [0.3, 0.4) is 0 Å². The number of hydrogen-bond acceptors (Lipinski definition) is 5. The Morgan fingerprint density at radius 1 is 1.24 bits per heavy atom. The van der Waals surface area contributed by atoms with E-state index in [1.807, 2.05) is 0 Å². The number of aliphatic hydroxyl groups excluding tert-OH is 2. The topological polar surface area (TPSA) is 71.8 Å². The molecule has 0 saturated carbocycles. The van der Waals surface area contributed by atoms with E-state index in [2.05, 4.69) is 4.98 Å². The smallest absolute Gasteiger partial charge is 0.199 e. The normalized spacial score (nSPS) is 20.2. The molecule has 5 heteroatoms. The first kappa shape index (κ1) is 12.3. The highest BCUT2D eigenvalue weighted by Crippen LogP contribution is 2.20. The third-order valence-electron chi connectivity index (χ3n) is 2.63. The number of nitrogens with zero attached hydrogens (tertiary/aromatic N) is 1. The summed E-state index contributed by atoms with van der Waals surface area (Å²) < 4.78 is 11.1. The molecule has 1 atom stereocenters. The van der Waals surface area contributed by atoms with Gasteiger partial charge in [-0.15, -0.1) is 0 Å². The summed E-state index contributed by atoms with van der Waals surface area (Å²) in [6.45, 7) is 0.376. The van der Waals surface area contributed by atoms with Crippen LogP contribution >= 0.6 is 0 Å². The maximum Gasteiger partial charge on any atom is 0.199 e. The molecule has 5 nitrogen and oxygen atoms in total. The first-order chi connectivity index (χ1) is 8.31. The summed E-state index contributed by atoms with van der Waals surface area (Å²) in [5, 5.41) is 18.1. The zero-order valence-electron chi connectivity index (χ0n) is 9.63. The Labute approximate surface area is 100 Å². The summed E-state index contributed by atoms with van der Waals surface area (Å²) in [6.07, 6.45) is 2.80. The molecule has 0 aliphatic carbocycles. The molecule has 0 amide bonds. The minimum absolute atomic E-state index is 0.171. The van der Waals surface area contributed by atoms with Gasteiger partial charge in [-0.2, -0.15) is 0 Å². The predicted molar refractivity (Wildman–Crippen MR) is 60.3 cm³/mol. The van der Waals surface area contributed by atoms with Crippen molar-refractivity contribution in [2.24, 2.45) is 0 Å². The molecule has 1 aliphatic heterocycles. The third-order valence-corrected chi connectivity index (χ3v) is 2.63. The Balaban J connectivity index is 2.07. The Morgan fingerprint density at radius 2 is 1.94 bits per heavy atom. The van der Waals surface area contributed by atoms with Gasteiger partial charge in [0.05, 0.1) is 31.2 Å². The van der Waals surface area contributed by atoms with Crippen LogP contribution in [0, 0.1) is 0 Å². The zero-order valence-corrected chi connectivity index (χ0v) is 9.63.